The molecule has 0 saturated carbocycles. The Bertz CT molecular complexity index is 524. The first kappa shape index (κ1) is 15.9. The zero-order chi connectivity index (χ0) is 15.4. The second-order valence-electron chi connectivity index (χ2n) is 6.16. The lowest BCUT2D eigenvalue weighted by Gasteiger charge is -2.21. The van der Waals surface area contributed by atoms with E-state index in [1.54, 1.807) is 11.8 Å². The van der Waals surface area contributed by atoms with Crippen molar-refractivity contribution in [3.8, 4) is 0 Å². The number of nitrogens with zero attached hydrogens (tertiary/aromatic N) is 2. The summed E-state index contributed by atoms with van der Waals surface area (Å²) in [5.41, 5.74) is 2.40. The van der Waals surface area contributed by atoms with E-state index in [0.717, 1.165) is 43.1 Å². The molecule has 1 N–H and O–H groups in total. The zero-order valence-electron chi connectivity index (χ0n) is 13.3. The van der Waals surface area contributed by atoms with Gasteiger partial charge in [0.25, 0.3) is 0 Å². The standard InChI is InChI=1S/C16H25N3O2S/c1-19-16(13-7-2-3-8-14(13)18-19)17-15(20)11-22-10-12-6-4-5-9-21-12/h12H,2-11H2,1H3,(H,17,20). The number of carbonyl (C=O) groups excluding carboxylic acids is 1. The van der Waals surface area contributed by atoms with Crippen LogP contribution in [0.3, 0.4) is 0 Å². The summed E-state index contributed by atoms with van der Waals surface area (Å²) in [6, 6.07) is 0. The van der Waals surface area contributed by atoms with E-state index in [2.05, 4.69) is 10.4 Å². The Morgan fingerprint density at radius 1 is 1.36 bits per heavy atom. The number of hydrogen-bond donors (Lipinski definition) is 1. The minimum atomic E-state index is 0.0668. The van der Waals surface area contributed by atoms with Gasteiger partial charge in [-0.2, -0.15) is 5.10 Å². The summed E-state index contributed by atoms with van der Waals surface area (Å²) in [6.07, 6.45) is 8.34. The molecule has 1 fully saturated rings. The van der Waals surface area contributed by atoms with Crippen molar-refractivity contribution in [2.24, 2.45) is 7.05 Å². The summed E-state index contributed by atoms with van der Waals surface area (Å²) < 4.78 is 7.51. The van der Waals surface area contributed by atoms with Gasteiger partial charge in [-0.1, -0.05) is 0 Å². The molecule has 1 unspecified atom stereocenters. The fourth-order valence-corrected chi connectivity index (χ4v) is 4.13. The molecule has 1 aliphatic carbocycles. The SMILES string of the molecule is Cn1nc2c(c1NC(=O)CSCC1CCCCO1)CCCC2. The average Bonchev–Trinajstić information content (AvgIpc) is 2.84. The minimum Gasteiger partial charge on any atom is -0.377 e. The largest absolute Gasteiger partial charge is 0.377 e. The smallest absolute Gasteiger partial charge is 0.235 e. The summed E-state index contributed by atoms with van der Waals surface area (Å²) >= 11 is 1.67. The van der Waals surface area contributed by atoms with Gasteiger partial charge in [-0.05, 0) is 44.9 Å². The van der Waals surface area contributed by atoms with Crippen molar-refractivity contribution in [1.29, 1.82) is 0 Å². The highest BCUT2D eigenvalue weighted by Gasteiger charge is 2.21. The topological polar surface area (TPSA) is 56.2 Å². The zero-order valence-corrected chi connectivity index (χ0v) is 14.1. The van der Waals surface area contributed by atoms with Crippen LogP contribution in [-0.2, 0) is 29.4 Å². The van der Waals surface area contributed by atoms with Crippen LogP contribution in [0.5, 0.6) is 0 Å². The van der Waals surface area contributed by atoms with Gasteiger partial charge in [-0.15, -0.1) is 11.8 Å². The first-order chi connectivity index (χ1) is 10.7. The van der Waals surface area contributed by atoms with Gasteiger partial charge in [0.15, 0.2) is 0 Å². The second-order valence-corrected chi connectivity index (χ2v) is 7.19. The first-order valence-electron chi connectivity index (χ1n) is 8.28. The Labute approximate surface area is 136 Å². The summed E-state index contributed by atoms with van der Waals surface area (Å²) in [6.45, 7) is 0.874. The maximum atomic E-state index is 12.2. The lowest BCUT2D eigenvalue weighted by atomic mass is 9.97. The normalized spacial score (nSPS) is 21.4. The van der Waals surface area contributed by atoms with Crippen LogP contribution >= 0.6 is 11.8 Å². The van der Waals surface area contributed by atoms with Crippen molar-refractivity contribution in [3.63, 3.8) is 0 Å². The molecule has 3 rings (SSSR count). The predicted octanol–water partition coefficient (Wildman–Crippen LogP) is 2.54. The minimum absolute atomic E-state index is 0.0668. The number of anilines is 1. The maximum absolute atomic E-state index is 12.2. The highest BCUT2D eigenvalue weighted by atomic mass is 32.2. The molecule has 0 spiro atoms. The number of fused-ring (bicyclic) bond motifs is 1. The van der Waals surface area contributed by atoms with Crippen LogP contribution in [0.15, 0.2) is 0 Å². The van der Waals surface area contributed by atoms with Gasteiger partial charge in [0, 0.05) is 25.0 Å². The number of ether oxygens (including phenoxy) is 1. The van der Waals surface area contributed by atoms with Crippen molar-refractivity contribution >= 4 is 23.5 Å². The molecule has 0 radical (unpaired) electrons. The summed E-state index contributed by atoms with van der Waals surface area (Å²) in [4.78, 5) is 12.2. The van der Waals surface area contributed by atoms with Crippen LogP contribution in [0.4, 0.5) is 5.82 Å². The van der Waals surface area contributed by atoms with E-state index in [-0.39, 0.29) is 5.91 Å². The number of aryl methyl sites for hydroxylation is 2. The van der Waals surface area contributed by atoms with Crippen LogP contribution in [0, 0.1) is 0 Å². The fourth-order valence-electron chi connectivity index (χ4n) is 3.23. The van der Waals surface area contributed by atoms with Crippen LogP contribution in [0.1, 0.15) is 43.4 Å². The highest BCUT2D eigenvalue weighted by molar-refractivity contribution is 8.00. The Morgan fingerprint density at radius 2 is 2.23 bits per heavy atom. The summed E-state index contributed by atoms with van der Waals surface area (Å²) in [5, 5.41) is 7.59. The third-order valence-corrected chi connectivity index (χ3v) is 5.46. The van der Waals surface area contributed by atoms with E-state index < -0.39 is 0 Å². The van der Waals surface area contributed by atoms with Crippen molar-refractivity contribution in [2.45, 2.75) is 51.0 Å². The van der Waals surface area contributed by atoms with Gasteiger partial charge in [0.2, 0.25) is 5.91 Å². The molecule has 1 aliphatic heterocycles. The quantitative estimate of drug-likeness (QED) is 0.905. The lowest BCUT2D eigenvalue weighted by molar-refractivity contribution is -0.113. The monoisotopic (exact) mass is 323 g/mol. The van der Waals surface area contributed by atoms with Crippen LogP contribution in [0.25, 0.3) is 0 Å². The summed E-state index contributed by atoms with van der Waals surface area (Å²) in [5.74, 6) is 2.36. The van der Waals surface area contributed by atoms with Crippen LogP contribution < -0.4 is 5.32 Å². The van der Waals surface area contributed by atoms with E-state index in [0.29, 0.717) is 11.9 Å². The molecule has 2 aliphatic rings. The number of amides is 1. The van der Waals surface area contributed by atoms with Crippen molar-refractivity contribution in [1.82, 2.24) is 9.78 Å². The molecule has 0 aromatic carbocycles. The van der Waals surface area contributed by atoms with Gasteiger partial charge < -0.3 is 10.1 Å². The van der Waals surface area contributed by atoms with Gasteiger partial charge in [-0.3, -0.25) is 9.48 Å². The number of carbonyl (C=O) groups is 1. The van der Waals surface area contributed by atoms with Crippen LogP contribution in [0.2, 0.25) is 0 Å². The van der Waals surface area contributed by atoms with Crippen molar-refractivity contribution in [2.75, 3.05) is 23.4 Å². The Kier molecular flexibility index (Phi) is 5.41. The molecule has 2 heterocycles. The molecule has 1 saturated heterocycles. The second kappa shape index (κ2) is 7.51. The lowest BCUT2D eigenvalue weighted by Crippen LogP contribution is -2.23. The van der Waals surface area contributed by atoms with Gasteiger partial charge in [0.1, 0.15) is 5.82 Å². The highest BCUT2D eigenvalue weighted by Crippen LogP contribution is 2.27. The molecule has 6 heteroatoms. The average molecular weight is 323 g/mol. The van der Waals surface area contributed by atoms with Gasteiger partial charge in [0.05, 0.1) is 17.6 Å². The third-order valence-electron chi connectivity index (χ3n) is 4.39. The number of nitrogens with one attached hydrogen (secondary N) is 1. The van der Waals surface area contributed by atoms with E-state index in [9.17, 15) is 4.79 Å². The Hall–Kier alpha value is -1.01. The number of rotatable bonds is 5. The molecular formula is C16H25N3O2S. The van der Waals surface area contributed by atoms with Gasteiger partial charge >= 0.3 is 0 Å². The van der Waals surface area contributed by atoms with E-state index in [1.165, 1.54) is 31.2 Å². The number of hydrogen-bond acceptors (Lipinski definition) is 4. The Balaban J connectivity index is 1.48. The Morgan fingerprint density at radius 3 is 3.05 bits per heavy atom. The van der Waals surface area contributed by atoms with E-state index >= 15 is 0 Å². The molecule has 0 bridgehead atoms. The van der Waals surface area contributed by atoms with Crippen molar-refractivity contribution in [3.05, 3.63) is 11.3 Å². The molecule has 1 aromatic rings. The van der Waals surface area contributed by atoms with Crippen molar-refractivity contribution < 1.29 is 9.53 Å². The van der Waals surface area contributed by atoms with E-state index in [1.807, 2.05) is 11.7 Å². The molecule has 1 amide bonds. The predicted molar refractivity (Wildman–Crippen MR) is 89.4 cm³/mol. The molecular weight excluding hydrogens is 298 g/mol. The van der Waals surface area contributed by atoms with Crippen LogP contribution in [-0.4, -0.2) is 39.9 Å². The molecule has 1 atom stereocenters. The van der Waals surface area contributed by atoms with E-state index in [4.69, 9.17) is 4.74 Å². The molecule has 122 valence electrons. The number of thioether (sulfide) groups is 1. The molecule has 5 nitrogen and oxygen atoms in total. The first-order valence-corrected chi connectivity index (χ1v) is 9.43. The fraction of sp³-hybridized carbons (Fsp3) is 0.750. The summed E-state index contributed by atoms with van der Waals surface area (Å²) in [7, 11) is 1.91. The maximum Gasteiger partial charge on any atom is 0.235 e. The third kappa shape index (κ3) is 3.84. The number of aromatic nitrogens is 2. The molecule has 1 aromatic heterocycles. The molecule has 22 heavy (non-hydrogen) atoms. The van der Waals surface area contributed by atoms with Gasteiger partial charge in [-0.25, -0.2) is 0 Å².